The Hall–Kier alpha value is -1.88. The first kappa shape index (κ1) is 17.2. The van der Waals surface area contributed by atoms with Gasteiger partial charge in [-0.2, -0.15) is 0 Å². The third-order valence-electron chi connectivity index (χ3n) is 3.88. The molecule has 5 heteroatoms. The maximum Gasteiger partial charge on any atom is 0.313 e. The van der Waals surface area contributed by atoms with E-state index in [0.717, 1.165) is 12.0 Å². The number of nitrogens with one attached hydrogen (secondary N) is 2. The highest BCUT2D eigenvalue weighted by Gasteiger charge is 2.28. The van der Waals surface area contributed by atoms with Gasteiger partial charge in [-0.25, -0.2) is 0 Å². The van der Waals surface area contributed by atoms with Crippen molar-refractivity contribution in [1.29, 1.82) is 0 Å². The molecule has 21 heavy (non-hydrogen) atoms. The van der Waals surface area contributed by atoms with Gasteiger partial charge in [0.05, 0.1) is 5.60 Å². The molecule has 0 aliphatic heterocycles. The molecule has 2 atom stereocenters. The third kappa shape index (κ3) is 4.86. The zero-order chi connectivity index (χ0) is 16.0. The van der Waals surface area contributed by atoms with Crippen molar-refractivity contribution in [2.45, 2.75) is 39.7 Å². The van der Waals surface area contributed by atoms with Crippen LogP contribution >= 0.6 is 0 Å². The van der Waals surface area contributed by atoms with E-state index in [1.807, 2.05) is 32.9 Å². The van der Waals surface area contributed by atoms with Crippen LogP contribution in [0.15, 0.2) is 24.3 Å². The van der Waals surface area contributed by atoms with E-state index in [0.29, 0.717) is 5.69 Å². The van der Waals surface area contributed by atoms with E-state index >= 15 is 0 Å². The molecule has 0 fully saturated rings. The van der Waals surface area contributed by atoms with Gasteiger partial charge >= 0.3 is 11.8 Å². The number of hydrogen-bond donors (Lipinski definition) is 3. The van der Waals surface area contributed by atoms with E-state index in [1.165, 1.54) is 0 Å². The van der Waals surface area contributed by atoms with Gasteiger partial charge in [0.1, 0.15) is 0 Å². The lowest BCUT2D eigenvalue weighted by Crippen LogP contribution is -2.47. The van der Waals surface area contributed by atoms with Crippen molar-refractivity contribution in [3.63, 3.8) is 0 Å². The minimum atomic E-state index is -1.03. The monoisotopic (exact) mass is 292 g/mol. The lowest BCUT2D eigenvalue weighted by Gasteiger charge is -2.29. The molecule has 1 aromatic carbocycles. The molecule has 1 aromatic rings. The fourth-order valence-corrected chi connectivity index (χ4v) is 1.85. The van der Waals surface area contributed by atoms with Crippen molar-refractivity contribution >= 4 is 17.5 Å². The van der Waals surface area contributed by atoms with Crippen molar-refractivity contribution in [2.75, 3.05) is 11.9 Å². The van der Waals surface area contributed by atoms with E-state index < -0.39 is 17.4 Å². The molecule has 0 aromatic heterocycles. The summed E-state index contributed by atoms with van der Waals surface area (Å²) in [5.41, 5.74) is 0.449. The Bertz CT molecular complexity index is 512. The molecular weight excluding hydrogens is 268 g/mol. The molecule has 3 N–H and O–H groups in total. The van der Waals surface area contributed by atoms with E-state index in [-0.39, 0.29) is 12.5 Å². The molecule has 0 spiro atoms. The first-order chi connectivity index (χ1) is 9.77. The number of benzene rings is 1. The number of carbonyl (C=O) groups excluding carboxylic acids is 2. The molecule has 2 unspecified atom stereocenters. The molecule has 0 aliphatic rings. The smallest absolute Gasteiger partial charge is 0.313 e. The Balaban J connectivity index is 2.56. The minimum absolute atomic E-state index is 0.0252. The van der Waals surface area contributed by atoms with Crippen LogP contribution in [0, 0.1) is 12.8 Å². The van der Waals surface area contributed by atoms with Gasteiger partial charge in [0.15, 0.2) is 0 Å². The van der Waals surface area contributed by atoms with Crippen LogP contribution in [-0.4, -0.2) is 29.1 Å². The van der Waals surface area contributed by atoms with Crippen LogP contribution in [0.2, 0.25) is 0 Å². The van der Waals surface area contributed by atoms with Crippen molar-refractivity contribution in [1.82, 2.24) is 5.32 Å². The van der Waals surface area contributed by atoms with Gasteiger partial charge in [-0.3, -0.25) is 9.59 Å². The van der Waals surface area contributed by atoms with Crippen LogP contribution < -0.4 is 10.6 Å². The molecule has 0 bridgehead atoms. The number of amides is 2. The maximum atomic E-state index is 11.8. The summed E-state index contributed by atoms with van der Waals surface area (Å²) < 4.78 is 0. The van der Waals surface area contributed by atoms with Crippen LogP contribution in [0.4, 0.5) is 5.69 Å². The molecule has 0 aliphatic carbocycles. The van der Waals surface area contributed by atoms with Gasteiger partial charge in [-0.05, 0) is 31.4 Å². The van der Waals surface area contributed by atoms with E-state index in [1.54, 1.807) is 19.1 Å². The molecule has 0 saturated carbocycles. The molecule has 0 radical (unpaired) electrons. The summed E-state index contributed by atoms with van der Waals surface area (Å²) in [7, 11) is 0. The van der Waals surface area contributed by atoms with Crippen LogP contribution in [0.25, 0.3) is 0 Å². The zero-order valence-electron chi connectivity index (χ0n) is 13.1. The average molecular weight is 292 g/mol. The third-order valence-corrected chi connectivity index (χ3v) is 3.88. The summed E-state index contributed by atoms with van der Waals surface area (Å²) in [5, 5.41) is 15.2. The lowest BCUT2D eigenvalue weighted by atomic mass is 9.89. The van der Waals surface area contributed by atoms with Gasteiger partial charge in [0, 0.05) is 12.2 Å². The van der Waals surface area contributed by atoms with Gasteiger partial charge < -0.3 is 15.7 Å². The van der Waals surface area contributed by atoms with Crippen molar-refractivity contribution in [2.24, 2.45) is 5.92 Å². The molecule has 0 saturated heterocycles. The second-order valence-electron chi connectivity index (χ2n) is 5.62. The number of aliphatic hydroxyl groups is 1. The summed E-state index contributed by atoms with van der Waals surface area (Å²) in [5.74, 6) is -1.46. The maximum absolute atomic E-state index is 11.8. The SMILES string of the molecule is CCC(C)C(C)(O)CNC(=O)C(=O)Nc1ccccc1C. The Labute approximate surface area is 125 Å². The summed E-state index contributed by atoms with van der Waals surface area (Å²) >= 11 is 0. The average Bonchev–Trinajstić information content (AvgIpc) is 2.46. The Kier molecular flexibility index (Phi) is 5.90. The fourth-order valence-electron chi connectivity index (χ4n) is 1.85. The number of hydrogen-bond acceptors (Lipinski definition) is 3. The van der Waals surface area contributed by atoms with E-state index in [9.17, 15) is 14.7 Å². The predicted molar refractivity (Wildman–Crippen MR) is 82.9 cm³/mol. The minimum Gasteiger partial charge on any atom is -0.388 e. The zero-order valence-corrected chi connectivity index (χ0v) is 13.1. The molecule has 116 valence electrons. The number of carbonyl (C=O) groups is 2. The number of rotatable bonds is 5. The molecule has 1 rings (SSSR count). The van der Waals surface area contributed by atoms with Gasteiger partial charge in [0.25, 0.3) is 0 Å². The van der Waals surface area contributed by atoms with Crippen molar-refractivity contribution in [3.05, 3.63) is 29.8 Å². The van der Waals surface area contributed by atoms with Crippen LogP contribution in [-0.2, 0) is 9.59 Å². The lowest BCUT2D eigenvalue weighted by molar-refractivity contribution is -0.137. The van der Waals surface area contributed by atoms with Crippen LogP contribution in [0.1, 0.15) is 32.8 Å². The van der Waals surface area contributed by atoms with Gasteiger partial charge in [-0.1, -0.05) is 38.5 Å². The second-order valence-corrected chi connectivity index (χ2v) is 5.62. The highest BCUT2D eigenvalue weighted by atomic mass is 16.3. The summed E-state index contributed by atoms with van der Waals surface area (Å²) in [6, 6.07) is 7.22. The predicted octanol–water partition coefficient (Wildman–Crippen LogP) is 1.85. The number of anilines is 1. The van der Waals surface area contributed by atoms with Gasteiger partial charge in [0.2, 0.25) is 0 Å². The quantitative estimate of drug-likeness (QED) is 0.725. The second kappa shape index (κ2) is 7.22. The summed E-state index contributed by atoms with van der Waals surface area (Å²) in [6.45, 7) is 7.41. The molecule has 2 amide bonds. The highest BCUT2D eigenvalue weighted by molar-refractivity contribution is 6.39. The fraction of sp³-hybridized carbons (Fsp3) is 0.500. The first-order valence-electron chi connectivity index (χ1n) is 7.15. The van der Waals surface area contributed by atoms with Crippen LogP contribution in [0.3, 0.4) is 0 Å². The van der Waals surface area contributed by atoms with E-state index in [2.05, 4.69) is 10.6 Å². The largest absolute Gasteiger partial charge is 0.388 e. The summed E-state index contributed by atoms with van der Waals surface area (Å²) in [4.78, 5) is 23.6. The Morgan fingerprint density at radius 2 is 1.90 bits per heavy atom. The normalized spacial score (nSPS) is 14.9. The summed E-state index contributed by atoms with van der Waals surface area (Å²) in [6.07, 6.45) is 0.790. The number of aryl methyl sites for hydroxylation is 1. The van der Waals surface area contributed by atoms with Crippen LogP contribution in [0.5, 0.6) is 0 Å². The Morgan fingerprint density at radius 1 is 1.29 bits per heavy atom. The molecular formula is C16H24N2O3. The molecule has 5 nitrogen and oxygen atoms in total. The van der Waals surface area contributed by atoms with Crippen molar-refractivity contribution < 1.29 is 14.7 Å². The first-order valence-corrected chi connectivity index (χ1v) is 7.15. The standard InChI is InChI=1S/C16H24N2O3/c1-5-12(3)16(4,21)10-17-14(19)15(20)18-13-9-7-6-8-11(13)2/h6-9,12,21H,5,10H2,1-4H3,(H,17,19)(H,18,20). The Morgan fingerprint density at radius 3 is 2.48 bits per heavy atom. The highest BCUT2D eigenvalue weighted by Crippen LogP contribution is 2.18. The molecule has 0 heterocycles. The van der Waals surface area contributed by atoms with Gasteiger partial charge in [-0.15, -0.1) is 0 Å². The van der Waals surface area contributed by atoms with Crippen molar-refractivity contribution in [3.8, 4) is 0 Å². The number of para-hydroxylation sites is 1. The topological polar surface area (TPSA) is 78.4 Å². The van der Waals surface area contributed by atoms with E-state index in [4.69, 9.17) is 0 Å².